The Morgan fingerprint density at radius 2 is 1.72 bits per heavy atom. The minimum absolute atomic E-state index is 0.0102. The van der Waals surface area contributed by atoms with Crippen molar-refractivity contribution in [2.24, 2.45) is 0 Å². The molecule has 0 bridgehead atoms. The average molecular weight is 408 g/mol. The Hall–Kier alpha value is -2.63. The number of hydrogen-bond acceptors (Lipinski definition) is 2. The first kappa shape index (κ1) is 22.7. The lowest BCUT2D eigenvalue weighted by Gasteiger charge is -2.19. The van der Waals surface area contributed by atoms with Crippen LogP contribution in [0.1, 0.15) is 57.9 Å². The summed E-state index contributed by atoms with van der Waals surface area (Å²) >= 11 is 0. The fourth-order valence-electron chi connectivity index (χ4n) is 3.19. The number of hydrogen-bond donors (Lipinski definition) is 0. The molecule has 0 aromatic heterocycles. The number of ether oxygens (including phenoxy) is 1. The predicted octanol–water partition coefficient (Wildman–Crippen LogP) is 6.54. The summed E-state index contributed by atoms with van der Waals surface area (Å²) in [5, 5.41) is 0. The van der Waals surface area contributed by atoms with Gasteiger partial charge in [0.05, 0.1) is 18.1 Å². The van der Waals surface area contributed by atoms with Crippen LogP contribution in [0.25, 0.3) is 6.08 Å². The molecule has 0 fully saturated rings. The molecule has 2 aromatic rings. The number of aryl methyl sites for hydroxylation is 3. The van der Waals surface area contributed by atoms with Crippen molar-refractivity contribution in [2.45, 2.75) is 46.2 Å². The maximum Gasteiger partial charge on any atom is 0.399 e. The van der Waals surface area contributed by atoms with E-state index < -0.39 is 23.9 Å². The van der Waals surface area contributed by atoms with Crippen LogP contribution in [0.2, 0.25) is 0 Å². The van der Waals surface area contributed by atoms with E-state index in [4.69, 9.17) is 4.74 Å². The third-order valence-electron chi connectivity index (χ3n) is 4.66. The summed E-state index contributed by atoms with van der Waals surface area (Å²) in [4.78, 5) is 12.0. The molecule has 0 heterocycles. The molecule has 0 radical (unpaired) electrons. The maximum absolute atomic E-state index is 13.8. The van der Waals surface area contributed by atoms with E-state index in [1.54, 1.807) is 25.1 Å². The van der Waals surface area contributed by atoms with E-state index >= 15 is 0 Å². The van der Waals surface area contributed by atoms with Gasteiger partial charge in [0.15, 0.2) is 0 Å². The van der Waals surface area contributed by atoms with Gasteiger partial charge < -0.3 is 4.74 Å². The first-order chi connectivity index (χ1) is 13.6. The summed E-state index contributed by atoms with van der Waals surface area (Å²) < 4.78 is 59.8. The highest BCUT2D eigenvalue weighted by Crippen LogP contribution is 2.37. The second-order valence-corrected chi connectivity index (χ2v) is 6.84. The van der Waals surface area contributed by atoms with Gasteiger partial charge in [0.1, 0.15) is 5.82 Å². The van der Waals surface area contributed by atoms with Crippen molar-refractivity contribution in [2.75, 3.05) is 6.61 Å². The molecular weight excluding hydrogens is 384 g/mol. The maximum atomic E-state index is 13.8. The van der Waals surface area contributed by atoms with Crippen molar-refractivity contribution in [3.05, 3.63) is 75.6 Å². The third-order valence-corrected chi connectivity index (χ3v) is 4.66. The third kappa shape index (κ3) is 5.46. The molecule has 0 saturated carbocycles. The average Bonchev–Trinajstić information content (AvgIpc) is 2.65. The number of rotatable bonds is 6. The fourth-order valence-corrected chi connectivity index (χ4v) is 3.19. The predicted molar refractivity (Wildman–Crippen MR) is 105 cm³/mol. The molecule has 6 heteroatoms. The Morgan fingerprint density at radius 1 is 1.10 bits per heavy atom. The topological polar surface area (TPSA) is 26.3 Å². The van der Waals surface area contributed by atoms with Gasteiger partial charge in [-0.2, -0.15) is 13.2 Å². The molecule has 2 aromatic carbocycles. The summed E-state index contributed by atoms with van der Waals surface area (Å²) in [6.07, 6.45) is -1.55. The molecule has 0 aliphatic rings. The zero-order chi connectivity index (χ0) is 21.8. The highest BCUT2D eigenvalue weighted by atomic mass is 19.4. The van der Waals surface area contributed by atoms with Crippen molar-refractivity contribution < 1.29 is 27.1 Å². The Balaban J connectivity index is 2.41. The quantitative estimate of drug-likeness (QED) is 0.401. The van der Waals surface area contributed by atoms with Gasteiger partial charge in [-0.1, -0.05) is 43.3 Å². The van der Waals surface area contributed by atoms with E-state index in [0.29, 0.717) is 23.1 Å². The van der Waals surface area contributed by atoms with Crippen LogP contribution >= 0.6 is 0 Å². The second-order valence-electron chi connectivity index (χ2n) is 6.84. The Bertz CT molecular complexity index is 891. The van der Waals surface area contributed by atoms with E-state index in [2.05, 4.69) is 0 Å². The lowest BCUT2D eigenvalue weighted by molar-refractivity contribution is -0.139. The van der Waals surface area contributed by atoms with E-state index in [-0.39, 0.29) is 23.3 Å². The molecular formula is C23H24F4O2. The molecule has 1 atom stereocenters. The first-order valence-electron chi connectivity index (χ1n) is 9.40. The van der Waals surface area contributed by atoms with Crippen molar-refractivity contribution in [3.8, 4) is 0 Å². The van der Waals surface area contributed by atoms with E-state index in [0.717, 1.165) is 6.08 Å². The van der Waals surface area contributed by atoms with Gasteiger partial charge >= 0.3 is 12.1 Å². The molecule has 2 nitrogen and oxygen atoms in total. The van der Waals surface area contributed by atoms with Crippen molar-refractivity contribution in [3.63, 3.8) is 0 Å². The summed E-state index contributed by atoms with van der Waals surface area (Å²) in [5.41, 5.74) is 1.99. The highest BCUT2D eigenvalue weighted by Gasteiger charge is 2.39. The molecule has 0 spiro atoms. The van der Waals surface area contributed by atoms with E-state index in [1.165, 1.54) is 32.1 Å². The summed E-state index contributed by atoms with van der Waals surface area (Å²) in [5.74, 6) is -2.82. The van der Waals surface area contributed by atoms with Gasteiger partial charge in [-0.3, -0.25) is 0 Å². The van der Waals surface area contributed by atoms with Gasteiger partial charge in [0, 0.05) is 0 Å². The molecule has 29 heavy (non-hydrogen) atoms. The van der Waals surface area contributed by atoms with Crippen LogP contribution in [-0.4, -0.2) is 18.8 Å². The van der Waals surface area contributed by atoms with Gasteiger partial charge in [-0.15, -0.1) is 0 Å². The minimum Gasteiger partial charge on any atom is -0.462 e. The zero-order valence-corrected chi connectivity index (χ0v) is 16.9. The monoisotopic (exact) mass is 408 g/mol. The van der Waals surface area contributed by atoms with Crippen molar-refractivity contribution in [1.29, 1.82) is 0 Å². The summed E-state index contributed by atoms with van der Waals surface area (Å²) in [7, 11) is 0. The van der Waals surface area contributed by atoms with Crippen LogP contribution in [-0.2, 0) is 11.2 Å². The lowest BCUT2D eigenvalue weighted by atomic mass is 9.93. The molecule has 0 aliphatic heterocycles. The molecule has 0 amide bonds. The second kappa shape index (κ2) is 9.25. The van der Waals surface area contributed by atoms with Gasteiger partial charge in [-0.25, -0.2) is 9.18 Å². The molecule has 156 valence electrons. The standard InChI is InChI=1S/C23H24F4O2/c1-5-17-13-16(7-9-19(17)22(28)29-6-2)8-10-20(23(25,26)27)18-11-14(3)21(24)15(4)12-18/h7-13,20H,5-6H2,1-4H3/b10-8+. The normalized spacial score (nSPS) is 13.0. The first-order valence-corrected chi connectivity index (χ1v) is 9.40. The van der Waals surface area contributed by atoms with Crippen LogP contribution in [0.4, 0.5) is 17.6 Å². The van der Waals surface area contributed by atoms with Gasteiger partial charge in [0.25, 0.3) is 0 Å². The number of halogens is 4. The van der Waals surface area contributed by atoms with Crippen LogP contribution in [0.15, 0.2) is 36.4 Å². The largest absolute Gasteiger partial charge is 0.462 e. The highest BCUT2D eigenvalue weighted by molar-refractivity contribution is 5.91. The summed E-state index contributed by atoms with van der Waals surface area (Å²) in [6.45, 7) is 6.70. The van der Waals surface area contributed by atoms with Gasteiger partial charge in [0.2, 0.25) is 0 Å². The SMILES string of the molecule is CCOC(=O)c1ccc(/C=C/C(c2cc(C)c(F)c(C)c2)C(F)(F)F)cc1CC. The van der Waals surface area contributed by atoms with Crippen LogP contribution < -0.4 is 0 Å². The number of carbonyl (C=O) groups is 1. The van der Waals surface area contributed by atoms with Crippen LogP contribution in [0.3, 0.4) is 0 Å². The molecule has 1 unspecified atom stereocenters. The lowest BCUT2D eigenvalue weighted by Crippen LogP contribution is -2.19. The number of allylic oxidation sites excluding steroid dienone is 1. The van der Waals surface area contributed by atoms with Crippen molar-refractivity contribution in [1.82, 2.24) is 0 Å². The fraction of sp³-hybridized carbons (Fsp3) is 0.348. The summed E-state index contributed by atoms with van der Waals surface area (Å²) in [6, 6.07) is 7.28. The molecule has 2 rings (SSSR count). The van der Waals surface area contributed by atoms with Crippen LogP contribution in [0.5, 0.6) is 0 Å². The molecule has 0 N–H and O–H groups in total. The Morgan fingerprint density at radius 3 is 2.24 bits per heavy atom. The number of alkyl halides is 3. The molecule has 0 saturated heterocycles. The van der Waals surface area contributed by atoms with E-state index in [9.17, 15) is 22.4 Å². The molecule has 0 aliphatic carbocycles. The Kier molecular flexibility index (Phi) is 7.22. The van der Waals surface area contributed by atoms with Crippen LogP contribution in [0, 0.1) is 19.7 Å². The minimum atomic E-state index is -4.52. The van der Waals surface area contributed by atoms with E-state index in [1.807, 2.05) is 6.92 Å². The number of benzene rings is 2. The number of esters is 1. The van der Waals surface area contributed by atoms with Crippen molar-refractivity contribution >= 4 is 12.0 Å². The smallest absolute Gasteiger partial charge is 0.399 e. The van der Waals surface area contributed by atoms with Gasteiger partial charge in [-0.05, 0) is 61.1 Å². The number of carbonyl (C=O) groups excluding carboxylic acids is 1. The zero-order valence-electron chi connectivity index (χ0n) is 16.9. The Labute approximate surface area is 168 Å².